The van der Waals surface area contributed by atoms with Gasteiger partial charge in [-0.2, -0.15) is 0 Å². The average molecular weight is 367 g/mol. The number of hydrogen-bond acceptors (Lipinski definition) is 5. The first-order valence-corrected chi connectivity index (χ1v) is 8.83. The Kier molecular flexibility index (Phi) is 5.60. The number of para-hydroxylation sites is 1. The highest BCUT2D eigenvalue weighted by Gasteiger charge is 2.13. The number of nitrogens with zero attached hydrogens (tertiary/aromatic N) is 1. The third-order valence-corrected chi connectivity index (χ3v) is 4.22. The summed E-state index contributed by atoms with van der Waals surface area (Å²) in [5, 5.41) is 4.72. The summed E-state index contributed by atoms with van der Waals surface area (Å²) < 4.78 is 5.74. The van der Waals surface area contributed by atoms with Crippen LogP contribution in [0.1, 0.15) is 21.6 Å². The minimum atomic E-state index is -0.395. The molecule has 0 aliphatic heterocycles. The number of ether oxygens (including phenoxy) is 1. The van der Waals surface area contributed by atoms with Crippen molar-refractivity contribution in [2.24, 2.45) is 5.73 Å². The number of primary amides is 1. The zero-order valence-corrected chi connectivity index (χ0v) is 14.7. The first kappa shape index (κ1) is 17.6. The van der Waals surface area contributed by atoms with Crippen LogP contribution in [0.4, 0.5) is 5.69 Å². The van der Waals surface area contributed by atoms with Crippen LogP contribution in [0, 0.1) is 0 Å². The molecule has 3 N–H and O–H groups in total. The van der Waals surface area contributed by atoms with E-state index in [1.165, 1.54) is 11.3 Å². The largest absolute Gasteiger partial charge is 0.486 e. The van der Waals surface area contributed by atoms with E-state index in [2.05, 4.69) is 10.3 Å². The van der Waals surface area contributed by atoms with Crippen LogP contribution in [-0.2, 0) is 17.8 Å². The third kappa shape index (κ3) is 4.67. The molecular formula is C19H17N3O3S. The van der Waals surface area contributed by atoms with Crippen molar-refractivity contribution in [2.45, 2.75) is 13.0 Å². The van der Waals surface area contributed by atoms with Crippen molar-refractivity contribution in [1.29, 1.82) is 0 Å². The number of rotatable bonds is 7. The summed E-state index contributed by atoms with van der Waals surface area (Å²) in [5.41, 5.74) is 9.57. The van der Waals surface area contributed by atoms with Gasteiger partial charge in [-0.1, -0.05) is 24.3 Å². The Morgan fingerprint density at radius 3 is 2.58 bits per heavy atom. The van der Waals surface area contributed by atoms with Gasteiger partial charge in [0.15, 0.2) is 0 Å². The zero-order valence-electron chi connectivity index (χ0n) is 13.8. The normalized spacial score (nSPS) is 10.3. The molecule has 2 amide bonds. The monoisotopic (exact) mass is 367 g/mol. The molecule has 0 aliphatic carbocycles. The molecule has 6 nitrogen and oxygen atoms in total. The molecule has 0 saturated carbocycles. The van der Waals surface area contributed by atoms with Crippen molar-refractivity contribution in [3.05, 3.63) is 76.2 Å². The Labute approximate surface area is 154 Å². The molecule has 0 bridgehead atoms. The molecule has 0 atom stereocenters. The molecule has 2 aromatic carbocycles. The Balaban J connectivity index is 1.68. The number of nitrogens with one attached hydrogen (secondary N) is 1. The number of carbonyl (C=O) groups excluding carboxylic acids is 2. The summed E-state index contributed by atoms with van der Waals surface area (Å²) in [6.07, 6.45) is 0.168. The van der Waals surface area contributed by atoms with Crippen molar-refractivity contribution in [3.63, 3.8) is 0 Å². The fourth-order valence-electron chi connectivity index (χ4n) is 2.35. The van der Waals surface area contributed by atoms with Crippen LogP contribution < -0.4 is 15.8 Å². The molecule has 3 aromatic rings. The summed E-state index contributed by atoms with van der Waals surface area (Å²) in [6.45, 7) is 0.301. The summed E-state index contributed by atoms with van der Waals surface area (Å²) in [6, 6.07) is 14.0. The molecule has 0 spiro atoms. The van der Waals surface area contributed by atoms with Crippen LogP contribution in [0.15, 0.2) is 59.4 Å². The summed E-state index contributed by atoms with van der Waals surface area (Å²) in [5.74, 6) is -0.183. The van der Waals surface area contributed by atoms with Crippen molar-refractivity contribution in [1.82, 2.24) is 4.98 Å². The van der Waals surface area contributed by atoms with Gasteiger partial charge in [0.05, 0.1) is 23.2 Å². The number of thiazole rings is 1. The van der Waals surface area contributed by atoms with Gasteiger partial charge in [0.25, 0.3) is 5.91 Å². The maximum atomic E-state index is 12.6. The number of carbonyl (C=O) groups is 2. The van der Waals surface area contributed by atoms with E-state index in [1.54, 1.807) is 48.0 Å². The van der Waals surface area contributed by atoms with Crippen LogP contribution in [0.2, 0.25) is 0 Å². The number of anilines is 1. The molecule has 26 heavy (non-hydrogen) atoms. The highest BCUT2D eigenvalue weighted by atomic mass is 32.1. The van der Waals surface area contributed by atoms with Crippen LogP contribution in [0.3, 0.4) is 0 Å². The number of amides is 2. The number of benzene rings is 2. The highest BCUT2D eigenvalue weighted by Crippen LogP contribution is 2.21. The van der Waals surface area contributed by atoms with Crippen molar-refractivity contribution >= 4 is 28.8 Å². The lowest BCUT2D eigenvalue weighted by Crippen LogP contribution is -2.15. The fourth-order valence-corrected chi connectivity index (χ4v) is 2.89. The maximum absolute atomic E-state index is 12.6. The van der Waals surface area contributed by atoms with Gasteiger partial charge in [0, 0.05) is 11.1 Å². The molecule has 0 unspecified atom stereocenters. The molecule has 0 radical (unpaired) electrons. The van der Waals surface area contributed by atoms with E-state index in [0.717, 1.165) is 11.3 Å². The number of hydrogen-bond donors (Lipinski definition) is 2. The smallest absolute Gasteiger partial charge is 0.259 e. The topological polar surface area (TPSA) is 94.3 Å². The van der Waals surface area contributed by atoms with Crippen LogP contribution in [0.25, 0.3) is 0 Å². The second-order valence-corrected chi connectivity index (χ2v) is 6.28. The lowest BCUT2D eigenvalue weighted by atomic mass is 10.1. The molecule has 7 heteroatoms. The SMILES string of the molecule is NC(=O)Cc1ccc(NC(=O)c2ccccc2OCc2cscn2)cc1. The number of nitrogens with two attached hydrogens (primary N) is 1. The Morgan fingerprint density at radius 1 is 1.12 bits per heavy atom. The summed E-state index contributed by atoms with van der Waals surface area (Å²) in [7, 11) is 0. The minimum absolute atomic E-state index is 0.168. The van der Waals surface area contributed by atoms with Gasteiger partial charge in [-0.15, -0.1) is 11.3 Å². The van der Waals surface area contributed by atoms with Gasteiger partial charge in [0.2, 0.25) is 5.91 Å². The van der Waals surface area contributed by atoms with Gasteiger partial charge in [-0.3, -0.25) is 9.59 Å². The quantitative estimate of drug-likeness (QED) is 0.671. The summed E-state index contributed by atoms with van der Waals surface area (Å²) in [4.78, 5) is 27.7. The van der Waals surface area contributed by atoms with Gasteiger partial charge >= 0.3 is 0 Å². The van der Waals surface area contributed by atoms with Gasteiger partial charge in [-0.05, 0) is 29.8 Å². The Morgan fingerprint density at radius 2 is 1.88 bits per heavy atom. The highest BCUT2D eigenvalue weighted by molar-refractivity contribution is 7.07. The molecular weight excluding hydrogens is 350 g/mol. The van der Waals surface area contributed by atoms with Gasteiger partial charge in [-0.25, -0.2) is 4.98 Å². The second kappa shape index (κ2) is 8.26. The zero-order chi connectivity index (χ0) is 18.4. The molecule has 0 aliphatic rings. The van der Waals surface area contributed by atoms with Crippen LogP contribution in [-0.4, -0.2) is 16.8 Å². The number of aromatic nitrogens is 1. The van der Waals surface area contributed by atoms with E-state index < -0.39 is 5.91 Å². The lowest BCUT2D eigenvalue weighted by Gasteiger charge is -2.11. The second-order valence-electron chi connectivity index (χ2n) is 5.56. The fraction of sp³-hybridized carbons (Fsp3) is 0.105. The molecule has 1 heterocycles. The predicted molar refractivity (Wildman–Crippen MR) is 100 cm³/mol. The predicted octanol–water partition coefficient (Wildman–Crippen LogP) is 3.00. The first-order chi connectivity index (χ1) is 12.6. The van der Waals surface area contributed by atoms with E-state index >= 15 is 0 Å². The Hall–Kier alpha value is -3.19. The first-order valence-electron chi connectivity index (χ1n) is 7.89. The van der Waals surface area contributed by atoms with Gasteiger partial charge in [0.1, 0.15) is 12.4 Å². The van der Waals surface area contributed by atoms with E-state index in [9.17, 15) is 9.59 Å². The van der Waals surface area contributed by atoms with Crippen molar-refractivity contribution in [2.75, 3.05) is 5.32 Å². The van der Waals surface area contributed by atoms with E-state index in [-0.39, 0.29) is 12.3 Å². The Bertz CT molecular complexity index is 893. The van der Waals surface area contributed by atoms with Crippen molar-refractivity contribution < 1.29 is 14.3 Å². The molecule has 132 valence electrons. The third-order valence-electron chi connectivity index (χ3n) is 3.58. The van der Waals surface area contributed by atoms with Crippen LogP contribution >= 0.6 is 11.3 Å². The average Bonchev–Trinajstić information content (AvgIpc) is 3.15. The van der Waals surface area contributed by atoms with E-state index in [0.29, 0.717) is 23.6 Å². The minimum Gasteiger partial charge on any atom is -0.486 e. The van der Waals surface area contributed by atoms with E-state index in [4.69, 9.17) is 10.5 Å². The molecule has 0 saturated heterocycles. The van der Waals surface area contributed by atoms with Crippen LogP contribution in [0.5, 0.6) is 5.75 Å². The lowest BCUT2D eigenvalue weighted by molar-refractivity contribution is -0.117. The molecule has 0 fully saturated rings. The molecule has 1 aromatic heterocycles. The van der Waals surface area contributed by atoms with E-state index in [1.807, 2.05) is 11.4 Å². The van der Waals surface area contributed by atoms with Gasteiger partial charge < -0.3 is 15.8 Å². The molecule has 3 rings (SSSR count). The summed E-state index contributed by atoms with van der Waals surface area (Å²) >= 11 is 1.49. The van der Waals surface area contributed by atoms with Crippen molar-refractivity contribution in [3.8, 4) is 5.75 Å². The maximum Gasteiger partial charge on any atom is 0.259 e. The standard InChI is InChI=1S/C19H17N3O3S/c20-18(23)9-13-5-7-14(8-6-13)22-19(24)16-3-1-2-4-17(16)25-10-15-11-26-12-21-15/h1-8,11-12H,9-10H2,(H2,20,23)(H,22,24).